The molecular formula is C32H34N6O4. The first-order chi connectivity index (χ1) is 20.5. The number of imidazole rings is 1. The highest BCUT2D eigenvalue weighted by Crippen LogP contribution is 2.42. The van der Waals surface area contributed by atoms with Gasteiger partial charge in [-0.2, -0.15) is 0 Å². The van der Waals surface area contributed by atoms with Gasteiger partial charge in [0.05, 0.1) is 40.7 Å². The number of nitrogens with one attached hydrogen (secondary N) is 1. The van der Waals surface area contributed by atoms with Crippen molar-refractivity contribution in [3.05, 3.63) is 102 Å². The number of aliphatic imine (C=N–C) groups is 2. The second-order valence-corrected chi connectivity index (χ2v) is 9.43. The molecule has 0 saturated carbocycles. The van der Waals surface area contributed by atoms with E-state index in [0.29, 0.717) is 36.2 Å². The molecule has 3 aromatic carbocycles. The van der Waals surface area contributed by atoms with E-state index in [1.165, 1.54) is 6.34 Å². The second-order valence-electron chi connectivity index (χ2n) is 9.43. The van der Waals surface area contributed by atoms with Crippen LogP contribution in [0.2, 0.25) is 0 Å². The van der Waals surface area contributed by atoms with E-state index < -0.39 is 5.54 Å². The number of benzene rings is 3. The lowest BCUT2D eigenvalue weighted by molar-refractivity contribution is 0.225. The van der Waals surface area contributed by atoms with Gasteiger partial charge in [-0.05, 0) is 53.1 Å². The maximum atomic E-state index is 13.6. The third-order valence-corrected chi connectivity index (χ3v) is 7.19. The molecule has 1 fully saturated rings. The monoisotopic (exact) mass is 566 g/mol. The molecule has 0 radical (unpaired) electrons. The Hall–Kier alpha value is -5.12. The van der Waals surface area contributed by atoms with Crippen molar-refractivity contribution < 1.29 is 19.0 Å². The third-order valence-electron chi connectivity index (χ3n) is 7.19. The Kier molecular flexibility index (Phi) is 8.24. The van der Waals surface area contributed by atoms with Crippen LogP contribution in [-0.4, -0.2) is 54.0 Å². The number of hydrogen-bond donors (Lipinski definition) is 1. The van der Waals surface area contributed by atoms with Crippen molar-refractivity contribution in [2.24, 2.45) is 9.98 Å². The lowest BCUT2D eigenvalue weighted by Crippen LogP contribution is -2.45. The summed E-state index contributed by atoms with van der Waals surface area (Å²) in [6.45, 7) is 4.84. The number of amidine groups is 1. The number of urea groups is 1. The lowest BCUT2D eigenvalue weighted by Gasteiger charge is -2.28. The summed E-state index contributed by atoms with van der Waals surface area (Å²) in [6.07, 6.45) is 3.24. The van der Waals surface area contributed by atoms with Crippen molar-refractivity contribution in [1.29, 1.82) is 0 Å². The van der Waals surface area contributed by atoms with Gasteiger partial charge in [0, 0.05) is 0 Å². The molecule has 1 atom stereocenters. The van der Waals surface area contributed by atoms with Crippen LogP contribution in [0.25, 0.3) is 0 Å². The van der Waals surface area contributed by atoms with E-state index >= 15 is 0 Å². The Morgan fingerprint density at radius 3 is 1.83 bits per heavy atom. The van der Waals surface area contributed by atoms with E-state index in [-0.39, 0.29) is 6.03 Å². The normalized spacial score (nSPS) is 16.7. The molecule has 216 valence electrons. The minimum atomic E-state index is -1.16. The summed E-state index contributed by atoms with van der Waals surface area (Å²) in [5.74, 6) is 3.34. The number of fused-ring (bicyclic) bond motifs is 3. The highest BCUT2D eigenvalue weighted by molar-refractivity contribution is 6.15. The molecule has 1 unspecified atom stereocenters. The largest absolute Gasteiger partial charge is 0.497 e. The molecule has 10 nitrogen and oxygen atoms in total. The van der Waals surface area contributed by atoms with Crippen molar-refractivity contribution in [1.82, 2.24) is 19.8 Å². The number of methoxy groups -OCH3 is 3. The summed E-state index contributed by atoms with van der Waals surface area (Å²) in [5.41, 5.74) is 2.20. The Bertz CT molecular complexity index is 1590. The van der Waals surface area contributed by atoms with Crippen molar-refractivity contribution >= 4 is 24.0 Å². The van der Waals surface area contributed by atoms with Gasteiger partial charge < -0.3 is 24.1 Å². The highest BCUT2D eigenvalue weighted by atomic mass is 16.5. The molecule has 10 heteroatoms. The van der Waals surface area contributed by atoms with Gasteiger partial charge in [0.1, 0.15) is 29.3 Å². The van der Waals surface area contributed by atoms with Crippen LogP contribution in [0.5, 0.6) is 17.2 Å². The van der Waals surface area contributed by atoms with Crippen molar-refractivity contribution in [3.8, 4) is 17.2 Å². The summed E-state index contributed by atoms with van der Waals surface area (Å²) in [4.78, 5) is 29.5. The van der Waals surface area contributed by atoms with Gasteiger partial charge in [0.15, 0.2) is 17.2 Å². The molecule has 0 bridgehead atoms. The molecular weight excluding hydrogens is 532 g/mol. The van der Waals surface area contributed by atoms with E-state index in [4.69, 9.17) is 29.2 Å². The standard InChI is InChI=1S/C30H28N6O4.C2H6/c1-38-23-10-4-20(5-11-23)16-35-19-33-26-27(35)31-18-32-28-30(26,22-8-14-25(40-3)15-9-22)34-29(37)36(28)17-21-6-12-24(39-2)13-7-21;1-2/h4-15,18-19H,16-17H2,1-3H3,(H,34,37);1-2H3. The predicted octanol–water partition coefficient (Wildman–Crippen LogP) is 5.52. The molecule has 2 amide bonds. The average molecular weight is 567 g/mol. The number of amides is 2. The summed E-state index contributed by atoms with van der Waals surface area (Å²) < 4.78 is 17.9. The van der Waals surface area contributed by atoms with Gasteiger partial charge in [-0.1, -0.05) is 50.2 Å². The van der Waals surface area contributed by atoms with Crippen LogP contribution in [-0.2, 0) is 18.6 Å². The Morgan fingerprint density at radius 2 is 1.29 bits per heavy atom. The van der Waals surface area contributed by atoms with E-state index in [2.05, 4.69) is 5.32 Å². The van der Waals surface area contributed by atoms with Gasteiger partial charge in [-0.15, -0.1) is 0 Å². The fraction of sp³-hybridized carbons (Fsp3) is 0.250. The highest BCUT2D eigenvalue weighted by Gasteiger charge is 2.55. The maximum absolute atomic E-state index is 13.6. The lowest BCUT2D eigenvalue weighted by atomic mass is 9.85. The number of ether oxygens (including phenoxy) is 3. The molecule has 42 heavy (non-hydrogen) atoms. The Morgan fingerprint density at radius 1 is 0.762 bits per heavy atom. The third kappa shape index (κ3) is 5.07. The SMILES string of the molecule is CC.COc1ccc(CN2C(=O)NC3(c4ccc(OC)cc4)C2=NC=Nc2c3ncn2Cc2ccc(OC)cc2)cc1. The zero-order valence-corrected chi connectivity index (χ0v) is 24.4. The first-order valence-corrected chi connectivity index (χ1v) is 13.7. The van der Waals surface area contributed by atoms with Gasteiger partial charge in [0.25, 0.3) is 0 Å². The number of aromatic nitrogens is 2. The number of nitrogens with zero attached hydrogens (tertiary/aromatic N) is 5. The molecule has 0 spiro atoms. The van der Waals surface area contributed by atoms with E-state index in [0.717, 1.165) is 28.2 Å². The van der Waals surface area contributed by atoms with Crippen LogP contribution >= 0.6 is 0 Å². The van der Waals surface area contributed by atoms with Crippen molar-refractivity contribution in [2.75, 3.05) is 21.3 Å². The zero-order valence-electron chi connectivity index (χ0n) is 24.4. The smallest absolute Gasteiger partial charge is 0.324 e. The fourth-order valence-electron chi connectivity index (χ4n) is 5.11. The zero-order chi connectivity index (χ0) is 29.7. The van der Waals surface area contributed by atoms with Crippen LogP contribution < -0.4 is 19.5 Å². The van der Waals surface area contributed by atoms with Crippen LogP contribution in [0.3, 0.4) is 0 Å². The molecule has 2 aliphatic rings. The Labute approximate surface area is 245 Å². The minimum absolute atomic E-state index is 0.281. The summed E-state index contributed by atoms with van der Waals surface area (Å²) >= 11 is 0. The summed E-state index contributed by atoms with van der Waals surface area (Å²) in [7, 11) is 4.88. The van der Waals surface area contributed by atoms with E-state index in [9.17, 15) is 4.79 Å². The first kappa shape index (κ1) is 28.4. The minimum Gasteiger partial charge on any atom is -0.497 e. The van der Waals surface area contributed by atoms with Gasteiger partial charge in [-0.3, -0.25) is 4.90 Å². The quantitative estimate of drug-likeness (QED) is 0.302. The van der Waals surface area contributed by atoms with Gasteiger partial charge in [0.2, 0.25) is 0 Å². The summed E-state index contributed by atoms with van der Waals surface area (Å²) in [6, 6.07) is 22.7. The molecule has 4 aromatic rings. The maximum Gasteiger partial charge on any atom is 0.324 e. The van der Waals surface area contributed by atoms with Crippen LogP contribution in [0.15, 0.2) is 89.1 Å². The fourth-order valence-corrected chi connectivity index (χ4v) is 5.11. The van der Waals surface area contributed by atoms with E-state index in [1.807, 2.05) is 91.2 Å². The van der Waals surface area contributed by atoms with Crippen molar-refractivity contribution in [2.45, 2.75) is 32.5 Å². The number of carbonyl (C=O) groups is 1. The molecule has 6 rings (SSSR count). The van der Waals surface area contributed by atoms with Gasteiger partial charge >= 0.3 is 6.03 Å². The Balaban J connectivity index is 0.00000173. The first-order valence-electron chi connectivity index (χ1n) is 13.7. The number of carbonyl (C=O) groups excluding carboxylic acids is 1. The number of hydrogen-bond acceptors (Lipinski definition) is 7. The van der Waals surface area contributed by atoms with Crippen LogP contribution in [0, 0.1) is 0 Å². The van der Waals surface area contributed by atoms with Crippen molar-refractivity contribution in [3.63, 3.8) is 0 Å². The van der Waals surface area contributed by atoms with Crippen LogP contribution in [0.4, 0.5) is 10.6 Å². The molecule has 1 aromatic heterocycles. The molecule has 3 heterocycles. The molecule has 2 aliphatic heterocycles. The summed E-state index contributed by atoms with van der Waals surface area (Å²) in [5, 5.41) is 3.22. The van der Waals surface area contributed by atoms with E-state index in [1.54, 1.807) is 32.6 Å². The average Bonchev–Trinajstić information content (AvgIpc) is 3.51. The number of rotatable bonds is 8. The van der Waals surface area contributed by atoms with Crippen LogP contribution in [0.1, 0.15) is 36.2 Å². The topological polar surface area (TPSA) is 103 Å². The molecule has 0 aliphatic carbocycles. The second kappa shape index (κ2) is 12.2. The molecule has 1 saturated heterocycles. The molecule has 1 N–H and O–H groups in total. The van der Waals surface area contributed by atoms with Gasteiger partial charge in [-0.25, -0.2) is 19.8 Å². The predicted molar refractivity (Wildman–Crippen MR) is 162 cm³/mol.